The molecule has 1 aliphatic rings. The van der Waals surface area contributed by atoms with E-state index in [9.17, 15) is 4.79 Å². The Morgan fingerprint density at radius 2 is 2.07 bits per heavy atom. The smallest absolute Gasteiger partial charge is 0.240 e. The monoisotopic (exact) mass is 200 g/mol. The van der Waals surface area contributed by atoms with Crippen LogP contribution in [-0.2, 0) is 4.79 Å². The molecule has 1 unspecified atom stereocenters. The van der Waals surface area contributed by atoms with Gasteiger partial charge >= 0.3 is 0 Å². The molecular weight excluding hydrogens is 180 g/mol. The third kappa shape index (κ3) is 2.69. The summed E-state index contributed by atoms with van der Waals surface area (Å²) in [5.41, 5.74) is 5.32. The Hall–Kier alpha value is -0.610. The number of nitrogens with two attached hydrogens (primary N) is 1. The van der Waals surface area contributed by atoms with Crippen molar-refractivity contribution in [1.82, 2.24) is 5.32 Å². The van der Waals surface area contributed by atoms with Crippen molar-refractivity contribution in [2.45, 2.75) is 50.6 Å². The maximum absolute atomic E-state index is 11.7. The molecule has 1 amide bonds. The predicted molar refractivity (Wildman–Crippen MR) is 54.7 cm³/mol. The van der Waals surface area contributed by atoms with Gasteiger partial charge in [0.2, 0.25) is 5.91 Å². The van der Waals surface area contributed by atoms with Crippen LogP contribution in [0.1, 0.15) is 39.0 Å². The molecule has 0 spiro atoms. The van der Waals surface area contributed by atoms with Crippen LogP contribution in [0.15, 0.2) is 0 Å². The minimum atomic E-state index is -0.693. The number of aliphatic hydroxyl groups is 1. The molecule has 1 aliphatic carbocycles. The van der Waals surface area contributed by atoms with E-state index in [1.807, 2.05) is 0 Å². The average molecular weight is 200 g/mol. The number of amides is 1. The van der Waals surface area contributed by atoms with E-state index in [2.05, 4.69) is 5.32 Å². The summed E-state index contributed by atoms with van der Waals surface area (Å²) in [6.45, 7) is 1.73. The van der Waals surface area contributed by atoms with Crippen LogP contribution in [0.2, 0.25) is 0 Å². The van der Waals surface area contributed by atoms with Crippen LogP contribution in [0, 0.1) is 0 Å². The van der Waals surface area contributed by atoms with Gasteiger partial charge in [-0.3, -0.25) is 4.79 Å². The number of nitrogens with one attached hydrogen (secondary N) is 1. The van der Waals surface area contributed by atoms with Gasteiger partial charge in [0.05, 0.1) is 12.1 Å². The fraction of sp³-hybridized carbons (Fsp3) is 0.900. The fourth-order valence-electron chi connectivity index (χ4n) is 1.82. The highest BCUT2D eigenvalue weighted by Crippen LogP contribution is 2.25. The van der Waals surface area contributed by atoms with Gasteiger partial charge in [0.15, 0.2) is 0 Å². The normalized spacial score (nSPS) is 22.8. The molecule has 82 valence electrons. The third-order valence-electron chi connectivity index (χ3n) is 2.85. The number of hydrogen-bond acceptors (Lipinski definition) is 3. The van der Waals surface area contributed by atoms with E-state index in [1.165, 1.54) is 6.42 Å². The first kappa shape index (κ1) is 11.5. The number of hydrogen-bond donors (Lipinski definition) is 3. The minimum absolute atomic E-state index is 0.0399. The van der Waals surface area contributed by atoms with E-state index in [4.69, 9.17) is 10.8 Å². The molecule has 4 nitrogen and oxygen atoms in total. The molecule has 0 radical (unpaired) electrons. The molecule has 0 aromatic carbocycles. The second kappa shape index (κ2) is 4.75. The van der Waals surface area contributed by atoms with Crippen molar-refractivity contribution in [2.24, 2.45) is 5.73 Å². The van der Waals surface area contributed by atoms with Crippen LogP contribution in [0.5, 0.6) is 0 Å². The van der Waals surface area contributed by atoms with Gasteiger partial charge in [-0.25, -0.2) is 0 Å². The fourth-order valence-corrected chi connectivity index (χ4v) is 1.82. The highest BCUT2D eigenvalue weighted by Gasteiger charge is 2.35. The highest BCUT2D eigenvalue weighted by molar-refractivity contribution is 5.86. The van der Waals surface area contributed by atoms with E-state index >= 15 is 0 Å². The minimum Gasteiger partial charge on any atom is -0.394 e. The average Bonchev–Trinajstić information content (AvgIpc) is 2.18. The number of rotatable bonds is 3. The molecule has 0 aliphatic heterocycles. The lowest BCUT2D eigenvalue weighted by Gasteiger charge is -2.32. The van der Waals surface area contributed by atoms with Gasteiger partial charge in [-0.2, -0.15) is 0 Å². The Morgan fingerprint density at radius 3 is 2.57 bits per heavy atom. The Balaban J connectivity index is 2.49. The SMILES string of the molecule is CC(CO)NC(=O)C1(N)CCCCC1. The molecule has 0 bridgehead atoms. The van der Waals surface area contributed by atoms with E-state index < -0.39 is 5.54 Å². The van der Waals surface area contributed by atoms with Crippen molar-refractivity contribution in [1.29, 1.82) is 0 Å². The van der Waals surface area contributed by atoms with Crippen molar-refractivity contribution in [3.05, 3.63) is 0 Å². The molecule has 0 heterocycles. The molecule has 1 atom stereocenters. The maximum Gasteiger partial charge on any atom is 0.240 e. The zero-order valence-electron chi connectivity index (χ0n) is 8.75. The summed E-state index contributed by atoms with van der Waals surface area (Å²) in [6.07, 6.45) is 4.74. The third-order valence-corrected chi connectivity index (χ3v) is 2.85. The predicted octanol–water partition coefficient (Wildman–Crippen LogP) is 0.145. The van der Waals surface area contributed by atoms with Crippen LogP contribution in [0.4, 0.5) is 0 Å². The summed E-state index contributed by atoms with van der Waals surface area (Å²) < 4.78 is 0. The van der Waals surface area contributed by atoms with Gasteiger partial charge < -0.3 is 16.2 Å². The molecule has 1 rings (SSSR count). The van der Waals surface area contributed by atoms with Crippen molar-refractivity contribution in [3.63, 3.8) is 0 Å². The van der Waals surface area contributed by atoms with E-state index in [0.29, 0.717) is 0 Å². The second-order valence-electron chi connectivity index (χ2n) is 4.27. The molecule has 4 heteroatoms. The van der Waals surface area contributed by atoms with Crippen molar-refractivity contribution in [3.8, 4) is 0 Å². The largest absolute Gasteiger partial charge is 0.394 e. The Morgan fingerprint density at radius 1 is 1.50 bits per heavy atom. The first-order valence-electron chi connectivity index (χ1n) is 5.29. The lowest BCUT2D eigenvalue weighted by molar-refractivity contribution is -0.128. The zero-order chi connectivity index (χ0) is 10.6. The topological polar surface area (TPSA) is 75.3 Å². The Kier molecular flexibility index (Phi) is 3.89. The summed E-state index contributed by atoms with van der Waals surface area (Å²) in [7, 11) is 0. The van der Waals surface area contributed by atoms with Crippen LogP contribution in [0.25, 0.3) is 0 Å². The van der Waals surface area contributed by atoms with Crippen LogP contribution in [-0.4, -0.2) is 29.2 Å². The Labute approximate surface area is 84.9 Å². The molecule has 1 saturated carbocycles. The number of carbonyl (C=O) groups is 1. The quantitative estimate of drug-likeness (QED) is 0.607. The summed E-state index contributed by atoms with van der Waals surface area (Å²) in [6, 6.07) is -0.204. The van der Waals surface area contributed by atoms with Crippen LogP contribution < -0.4 is 11.1 Å². The lowest BCUT2D eigenvalue weighted by Crippen LogP contribution is -2.57. The molecular formula is C10H20N2O2. The zero-order valence-corrected chi connectivity index (χ0v) is 8.75. The van der Waals surface area contributed by atoms with Gasteiger partial charge in [0, 0.05) is 6.04 Å². The first-order valence-corrected chi connectivity index (χ1v) is 5.29. The molecule has 0 saturated heterocycles. The van der Waals surface area contributed by atoms with Crippen LogP contribution in [0.3, 0.4) is 0 Å². The van der Waals surface area contributed by atoms with Crippen molar-refractivity contribution >= 4 is 5.91 Å². The van der Waals surface area contributed by atoms with E-state index in [-0.39, 0.29) is 18.6 Å². The summed E-state index contributed by atoms with van der Waals surface area (Å²) >= 11 is 0. The van der Waals surface area contributed by atoms with Gasteiger partial charge in [-0.15, -0.1) is 0 Å². The van der Waals surface area contributed by atoms with Gasteiger partial charge in [-0.05, 0) is 19.8 Å². The van der Waals surface area contributed by atoms with Crippen molar-refractivity contribution < 1.29 is 9.90 Å². The van der Waals surface area contributed by atoms with Gasteiger partial charge in [-0.1, -0.05) is 19.3 Å². The standard InChI is InChI=1S/C10H20N2O2/c1-8(7-13)12-9(14)10(11)5-3-2-4-6-10/h8,13H,2-7,11H2,1H3,(H,12,14). The van der Waals surface area contributed by atoms with E-state index in [0.717, 1.165) is 25.7 Å². The van der Waals surface area contributed by atoms with Gasteiger partial charge in [0.25, 0.3) is 0 Å². The summed E-state index contributed by atoms with van der Waals surface area (Å²) in [5, 5.41) is 11.5. The van der Waals surface area contributed by atoms with Crippen LogP contribution >= 0.6 is 0 Å². The number of carbonyl (C=O) groups excluding carboxylic acids is 1. The molecule has 1 fully saturated rings. The van der Waals surface area contributed by atoms with Gasteiger partial charge in [0.1, 0.15) is 0 Å². The summed E-state index contributed by atoms with van der Waals surface area (Å²) in [4.78, 5) is 11.7. The van der Waals surface area contributed by atoms with E-state index in [1.54, 1.807) is 6.92 Å². The molecule has 0 aromatic rings. The lowest BCUT2D eigenvalue weighted by atomic mass is 9.82. The van der Waals surface area contributed by atoms with Crippen molar-refractivity contribution in [2.75, 3.05) is 6.61 Å². The first-order chi connectivity index (χ1) is 6.58. The summed E-state index contributed by atoms with van der Waals surface area (Å²) in [5.74, 6) is -0.112. The maximum atomic E-state index is 11.7. The molecule has 4 N–H and O–H groups in total. The second-order valence-corrected chi connectivity index (χ2v) is 4.27. The molecule has 0 aromatic heterocycles. The highest BCUT2D eigenvalue weighted by atomic mass is 16.3. The molecule has 14 heavy (non-hydrogen) atoms. The number of aliphatic hydroxyl groups excluding tert-OH is 1. The Bertz CT molecular complexity index is 200.